The minimum absolute atomic E-state index is 0.114. The van der Waals surface area contributed by atoms with Gasteiger partial charge in [-0.2, -0.15) is 0 Å². The van der Waals surface area contributed by atoms with Crippen molar-refractivity contribution in [3.05, 3.63) is 11.9 Å². The molecule has 0 aliphatic rings. The maximum absolute atomic E-state index is 13.0. The molecule has 6 heteroatoms. The van der Waals surface area contributed by atoms with E-state index in [0.717, 1.165) is 0 Å². The Morgan fingerprint density at radius 3 is 2.62 bits per heavy atom. The highest BCUT2D eigenvalue weighted by Gasteiger charge is 2.26. The average Bonchev–Trinajstić information content (AvgIpc) is 2.14. The number of halogens is 1. The Labute approximate surface area is 94.0 Å². The second-order valence-electron chi connectivity index (χ2n) is 3.87. The van der Waals surface area contributed by atoms with Crippen LogP contribution in [0.25, 0.3) is 0 Å². The molecule has 0 saturated carbocycles. The first-order valence-electron chi connectivity index (χ1n) is 4.89. The number of nitrogens with zero attached hydrogens (tertiary/aromatic N) is 1. The van der Waals surface area contributed by atoms with Crippen LogP contribution in [0.15, 0.2) is 16.9 Å². The van der Waals surface area contributed by atoms with Crippen LogP contribution in [0.2, 0.25) is 0 Å². The lowest BCUT2D eigenvalue weighted by Gasteiger charge is -2.17. The predicted octanol–water partition coefficient (Wildman–Crippen LogP) is 0.799. The third kappa shape index (κ3) is 6.13. The van der Waals surface area contributed by atoms with Crippen LogP contribution in [0.4, 0.5) is 4.39 Å². The number of carboxylic acid groups (broad SMARTS) is 1. The molecule has 0 bridgehead atoms. The minimum Gasteiger partial charge on any atom is -0.480 e. The molecule has 0 aromatic rings. The molecule has 5 N–H and O–H groups in total. The average molecular weight is 231 g/mol. The molecule has 1 atom stereocenters. The Kier molecular flexibility index (Phi) is 5.66. The van der Waals surface area contributed by atoms with Gasteiger partial charge in [-0.3, -0.25) is 9.79 Å². The van der Waals surface area contributed by atoms with E-state index >= 15 is 0 Å². The van der Waals surface area contributed by atoms with E-state index < -0.39 is 17.3 Å². The van der Waals surface area contributed by atoms with E-state index in [4.69, 9.17) is 16.6 Å². The van der Waals surface area contributed by atoms with Gasteiger partial charge in [0.15, 0.2) is 0 Å². The number of carboxylic acids is 1. The summed E-state index contributed by atoms with van der Waals surface area (Å²) in [5.41, 5.74) is 9.38. The topological polar surface area (TPSA) is 102 Å². The second-order valence-corrected chi connectivity index (χ2v) is 3.87. The minimum atomic E-state index is -1.33. The van der Waals surface area contributed by atoms with E-state index in [1.807, 2.05) is 0 Å². The SMILES string of the molecule is CC(N)=NCC(F)=CCCC(C)(N)C(=O)O. The Morgan fingerprint density at radius 1 is 1.62 bits per heavy atom. The molecule has 0 aromatic heterocycles. The Hall–Kier alpha value is -1.43. The standard InChI is InChI=1S/C10H18FN3O2/c1-7(12)14-6-8(11)4-3-5-10(2,13)9(15)16/h4H,3,5-6,13H2,1-2H3,(H2,12,14)(H,15,16). The highest BCUT2D eigenvalue weighted by molar-refractivity contribution is 5.78. The molecule has 0 spiro atoms. The van der Waals surface area contributed by atoms with Crippen LogP contribution < -0.4 is 11.5 Å². The zero-order valence-electron chi connectivity index (χ0n) is 9.53. The second kappa shape index (κ2) is 6.22. The zero-order chi connectivity index (χ0) is 12.8. The zero-order valence-corrected chi connectivity index (χ0v) is 9.53. The smallest absolute Gasteiger partial charge is 0.323 e. The first-order valence-corrected chi connectivity index (χ1v) is 4.89. The highest BCUT2D eigenvalue weighted by Crippen LogP contribution is 2.11. The fourth-order valence-electron chi connectivity index (χ4n) is 0.900. The van der Waals surface area contributed by atoms with E-state index in [1.54, 1.807) is 6.92 Å². The number of rotatable bonds is 6. The highest BCUT2D eigenvalue weighted by atomic mass is 19.1. The quantitative estimate of drug-likeness (QED) is 0.464. The first-order chi connectivity index (χ1) is 7.25. The fraction of sp³-hybridized carbons (Fsp3) is 0.600. The van der Waals surface area contributed by atoms with Gasteiger partial charge >= 0.3 is 5.97 Å². The van der Waals surface area contributed by atoms with Crippen molar-refractivity contribution >= 4 is 11.8 Å². The summed E-state index contributed by atoms with van der Waals surface area (Å²) in [6.45, 7) is 2.84. The predicted molar refractivity (Wildman–Crippen MR) is 60.8 cm³/mol. The lowest BCUT2D eigenvalue weighted by atomic mass is 9.97. The van der Waals surface area contributed by atoms with Crippen molar-refractivity contribution in [1.29, 1.82) is 0 Å². The molecule has 0 radical (unpaired) electrons. The molecule has 5 nitrogen and oxygen atoms in total. The van der Waals surface area contributed by atoms with Crippen molar-refractivity contribution in [2.75, 3.05) is 6.54 Å². The number of hydrogen-bond acceptors (Lipinski definition) is 3. The van der Waals surface area contributed by atoms with Crippen LogP contribution in [0, 0.1) is 0 Å². The van der Waals surface area contributed by atoms with Crippen molar-refractivity contribution < 1.29 is 14.3 Å². The molecule has 92 valence electrons. The van der Waals surface area contributed by atoms with E-state index in [0.29, 0.717) is 5.84 Å². The van der Waals surface area contributed by atoms with Crippen molar-refractivity contribution in [3.63, 3.8) is 0 Å². The van der Waals surface area contributed by atoms with Crippen LogP contribution in [0.1, 0.15) is 26.7 Å². The van der Waals surface area contributed by atoms with Gasteiger partial charge in [-0.15, -0.1) is 0 Å². The molecule has 0 saturated heterocycles. The molecular weight excluding hydrogens is 213 g/mol. The number of aliphatic carboxylic acids is 1. The summed E-state index contributed by atoms with van der Waals surface area (Å²) in [6, 6.07) is 0. The van der Waals surface area contributed by atoms with Gasteiger partial charge in [0.05, 0.1) is 12.4 Å². The van der Waals surface area contributed by atoms with E-state index in [-0.39, 0.29) is 19.4 Å². The van der Waals surface area contributed by atoms with Crippen LogP contribution in [-0.2, 0) is 4.79 Å². The number of allylic oxidation sites excluding steroid dienone is 1. The third-order valence-corrected chi connectivity index (χ3v) is 2.00. The molecule has 0 fully saturated rings. The van der Waals surface area contributed by atoms with Crippen molar-refractivity contribution in [2.24, 2.45) is 16.5 Å². The summed E-state index contributed by atoms with van der Waals surface area (Å²) in [7, 11) is 0. The van der Waals surface area contributed by atoms with Crippen molar-refractivity contribution in [1.82, 2.24) is 0 Å². The summed E-state index contributed by atoms with van der Waals surface area (Å²) in [5, 5.41) is 8.70. The number of aliphatic imine (C=N–C) groups is 1. The summed E-state index contributed by atoms with van der Waals surface area (Å²) in [6.07, 6.45) is 1.70. The molecule has 0 amide bonds. The monoisotopic (exact) mass is 231 g/mol. The van der Waals surface area contributed by atoms with Gasteiger partial charge in [-0.1, -0.05) is 6.08 Å². The number of nitrogens with two attached hydrogens (primary N) is 2. The van der Waals surface area contributed by atoms with E-state index in [1.165, 1.54) is 13.0 Å². The van der Waals surface area contributed by atoms with Gasteiger partial charge in [-0.05, 0) is 26.7 Å². The van der Waals surface area contributed by atoms with Crippen LogP contribution in [0.5, 0.6) is 0 Å². The largest absolute Gasteiger partial charge is 0.480 e. The van der Waals surface area contributed by atoms with E-state index in [9.17, 15) is 9.18 Å². The van der Waals surface area contributed by atoms with Gasteiger partial charge in [0.2, 0.25) is 0 Å². The fourth-order valence-corrected chi connectivity index (χ4v) is 0.900. The van der Waals surface area contributed by atoms with Crippen LogP contribution in [-0.4, -0.2) is 29.0 Å². The molecule has 0 aromatic carbocycles. The van der Waals surface area contributed by atoms with Crippen LogP contribution in [0.3, 0.4) is 0 Å². The molecule has 0 aliphatic carbocycles. The molecule has 0 rings (SSSR count). The Bertz CT molecular complexity index is 307. The van der Waals surface area contributed by atoms with Gasteiger partial charge < -0.3 is 16.6 Å². The van der Waals surface area contributed by atoms with Gasteiger partial charge in [0, 0.05) is 0 Å². The molecule has 0 heterocycles. The first kappa shape index (κ1) is 14.6. The maximum Gasteiger partial charge on any atom is 0.323 e. The summed E-state index contributed by atoms with van der Waals surface area (Å²) in [5.74, 6) is -1.24. The Morgan fingerprint density at radius 2 is 2.19 bits per heavy atom. The molecular formula is C10H18FN3O2. The summed E-state index contributed by atoms with van der Waals surface area (Å²) >= 11 is 0. The summed E-state index contributed by atoms with van der Waals surface area (Å²) in [4.78, 5) is 14.3. The normalized spacial score (nSPS) is 17.0. The maximum atomic E-state index is 13.0. The third-order valence-electron chi connectivity index (χ3n) is 2.00. The lowest BCUT2D eigenvalue weighted by molar-refractivity contribution is -0.142. The molecule has 16 heavy (non-hydrogen) atoms. The Balaban J connectivity index is 4.10. The van der Waals surface area contributed by atoms with Gasteiger partial charge in [0.1, 0.15) is 11.4 Å². The van der Waals surface area contributed by atoms with Gasteiger partial charge in [0.25, 0.3) is 0 Å². The van der Waals surface area contributed by atoms with Crippen LogP contribution >= 0.6 is 0 Å². The molecule has 1 unspecified atom stereocenters. The number of carbonyl (C=O) groups is 1. The number of amidine groups is 1. The lowest BCUT2D eigenvalue weighted by Crippen LogP contribution is -2.44. The van der Waals surface area contributed by atoms with Gasteiger partial charge in [-0.25, -0.2) is 4.39 Å². The molecule has 0 aliphatic heterocycles. The van der Waals surface area contributed by atoms with E-state index in [2.05, 4.69) is 4.99 Å². The number of hydrogen-bond donors (Lipinski definition) is 3. The van der Waals surface area contributed by atoms with Crippen molar-refractivity contribution in [2.45, 2.75) is 32.2 Å². The van der Waals surface area contributed by atoms with Crippen molar-refractivity contribution in [3.8, 4) is 0 Å². The summed E-state index contributed by atoms with van der Waals surface area (Å²) < 4.78 is 13.0.